The molecule has 0 aliphatic heterocycles. The molecule has 156 valence electrons. The van der Waals surface area contributed by atoms with E-state index in [4.69, 9.17) is 31.6 Å². The second kappa shape index (κ2) is 9.37. The maximum absolute atomic E-state index is 12.1. The summed E-state index contributed by atoms with van der Waals surface area (Å²) in [5, 5.41) is 19.7. The summed E-state index contributed by atoms with van der Waals surface area (Å²) in [5.74, 6) is 0. The maximum Gasteiger partial charge on any atom is 0.620 e. The number of ether oxygens (including phenoxy) is 1. The van der Waals surface area contributed by atoms with E-state index in [0.717, 1.165) is 4.57 Å². The van der Waals surface area contributed by atoms with Gasteiger partial charge in [-0.2, -0.15) is 24.5 Å². The number of hydrogen-bond acceptors (Lipinski definition) is 12. The van der Waals surface area contributed by atoms with E-state index in [1.807, 2.05) is 0 Å². The van der Waals surface area contributed by atoms with Gasteiger partial charge in [0.25, 0.3) is 0 Å². The van der Waals surface area contributed by atoms with Crippen LogP contribution in [0.25, 0.3) is 0 Å². The highest BCUT2D eigenvalue weighted by Gasteiger charge is 2.58. The molecule has 0 bridgehead atoms. The van der Waals surface area contributed by atoms with E-state index in [-0.39, 0.29) is 4.64 Å². The quantitative estimate of drug-likeness (QED) is 0.157. The predicted octanol–water partition coefficient (Wildman–Crippen LogP) is -1.10. The fraction of sp³-hybridized carbons (Fsp3) is 0.636. The molecule has 0 saturated heterocycles. The summed E-state index contributed by atoms with van der Waals surface area (Å²) in [6, 6.07) is 1.35. The Morgan fingerprint density at radius 2 is 1.93 bits per heavy atom. The van der Waals surface area contributed by atoms with E-state index in [2.05, 4.69) is 13.8 Å². The molecule has 0 saturated carbocycles. The number of aromatic amines is 1. The second-order valence-electron chi connectivity index (χ2n) is 5.71. The highest BCUT2D eigenvalue weighted by Crippen LogP contribution is 2.67. The average Bonchev–Trinajstić information content (AvgIpc) is 2.49. The van der Waals surface area contributed by atoms with E-state index < -0.39 is 53.2 Å². The molecular weight excluding hydrogens is 430 g/mol. The number of aliphatic hydroxyl groups is 2. The van der Waals surface area contributed by atoms with Gasteiger partial charge < -0.3 is 14.9 Å². The van der Waals surface area contributed by atoms with Gasteiger partial charge in [0, 0.05) is 6.20 Å². The molecule has 27 heavy (non-hydrogen) atoms. The predicted molar refractivity (Wildman–Crippen MR) is 95.2 cm³/mol. The molecule has 1 aromatic heterocycles. The van der Waals surface area contributed by atoms with Crippen LogP contribution in [0.1, 0.15) is 20.1 Å². The second-order valence-corrected chi connectivity index (χ2v) is 9.07. The molecule has 3 unspecified atom stereocenters. The first-order chi connectivity index (χ1) is 12.2. The van der Waals surface area contributed by atoms with Gasteiger partial charge in [-0.3, -0.25) is 9.55 Å². The summed E-state index contributed by atoms with van der Waals surface area (Å²) >= 11 is 4.82. The number of hydrogen-bond donors (Lipinski definition) is 8. The van der Waals surface area contributed by atoms with Crippen molar-refractivity contribution in [2.45, 2.75) is 31.8 Å². The third-order valence-corrected chi connectivity index (χ3v) is 5.46. The lowest BCUT2D eigenvalue weighted by molar-refractivity contribution is -0.183. The van der Waals surface area contributed by atoms with Crippen LogP contribution in [0.3, 0.4) is 0 Å². The molecule has 8 N–H and O–H groups in total. The third-order valence-electron chi connectivity index (χ3n) is 3.01. The van der Waals surface area contributed by atoms with Crippen molar-refractivity contribution in [1.29, 1.82) is 0 Å². The van der Waals surface area contributed by atoms with Gasteiger partial charge >= 0.3 is 22.0 Å². The molecular formula is C11H22N2O11P2S+2. The van der Waals surface area contributed by atoms with Gasteiger partial charge in [0.2, 0.25) is 0 Å². The van der Waals surface area contributed by atoms with Crippen molar-refractivity contribution in [2.75, 3.05) is 13.2 Å². The first-order valence-electron chi connectivity index (χ1n) is 7.25. The number of aliphatic hydroxyl groups excluding tert-OH is 1. The van der Waals surface area contributed by atoms with Crippen molar-refractivity contribution in [2.24, 2.45) is 0 Å². The molecule has 0 radical (unpaired) electrons. The summed E-state index contributed by atoms with van der Waals surface area (Å²) in [6.45, 7) is 1.14. The minimum atomic E-state index is -4.96. The molecule has 3 atom stereocenters. The molecule has 16 heteroatoms. The number of nitrogens with zero attached hydrogens (tertiary/aromatic N) is 1. The Bertz CT molecular complexity index is 732. The van der Waals surface area contributed by atoms with Gasteiger partial charge in [0.05, 0.1) is 17.0 Å². The summed E-state index contributed by atoms with van der Waals surface area (Å²) in [7, 11) is -9.74. The van der Waals surface area contributed by atoms with Crippen LogP contribution in [0.2, 0.25) is 0 Å². The van der Waals surface area contributed by atoms with Gasteiger partial charge in [-0.1, -0.05) is 12.2 Å². The van der Waals surface area contributed by atoms with Gasteiger partial charge in [-0.15, -0.1) is 4.52 Å². The van der Waals surface area contributed by atoms with Crippen LogP contribution < -0.4 is 5.69 Å². The van der Waals surface area contributed by atoms with Gasteiger partial charge in [0.1, 0.15) is 16.8 Å². The molecule has 0 fully saturated rings. The number of H-pyrrole nitrogens is 1. The summed E-state index contributed by atoms with van der Waals surface area (Å²) in [5.41, 5.74) is -2.67. The Balaban J connectivity index is 2.94. The number of rotatable bonds is 10. The van der Waals surface area contributed by atoms with Crippen molar-refractivity contribution in [3.63, 3.8) is 0 Å². The molecule has 13 nitrogen and oxygen atoms in total. The van der Waals surface area contributed by atoms with Crippen LogP contribution in [-0.4, -0.2) is 69.1 Å². The van der Waals surface area contributed by atoms with Crippen LogP contribution >= 0.6 is 28.6 Å². The van der Waals surface area contributed by atoms with Crippen molar-refractivity contribution in [3.8, 4) is 0 Å². The molecule has 0 spiro atoms. The lowest BCUT2D eigenvalue weighted by Crippen LogP contribution is -2.47. The highest BCUT2D eigenvalue weighted by atomic mass is 32.1. The fourth-order valence-electron chi connectivity index (χ4n) is 1.83. The van der Waals surface area contributed by atoms with Crippen molar-refractivity contribution < 1.29 is 48.3 Å². The standard InChI is InChI=1S/C11H21N2O11P2S/c1-7(5-22-26(20,21)24-25(17,18)19)23-9(11(2,16)6-14)13-4-3-8(27)12-10(13)15/h3-4,7,9,14,16-21H,5-6H2,1-2H3/q+1/p+1. The van der Waals surface area contributed by atoms with E-state index in [1.165, 1.54) is 26.1 Å². The first-order valence-corrected chi connectivity index (χ1v) is 10.7. The lowest BCUT2D eigenvalue weighted by Gasteiger charge is -2.33. The number of aromatic nitrogens is 2. The summed E-state index contributed by atoms with van der Waals surface area (Å²) in [4.78, 5) is 59.2. The summed E-state index contributed by atoms with van der Waals surface area (Å²) < 4.78 is 14.9. The fourth-order valence-corrected chi connectivity index (χ4v) is 3.71. The van der Waals surface area contributed by atoms with Crippen LogP contribution in [0.5, 0.6) is 0 Å². The Kier molecular flexibility index (Phi) is 8.54. The van der Waals surface area contributed by atoms with E-state index >= 15 is 0 Å². The molecule has 0 aromatic carbocycles. The number of nitrogens with one attached hydrogen (secondary N) is 1. The van der Waals surface area contributed by atoms with Crippen LogP contribution in [0, 0.1) is 4.64 Å². The largest absolute Gasteiger partial charge is 0.620 e. The first kappa shape index (κ1) is 24.6. The average molecular weight is 452 g/mol. The molecule has 1 heterocycles. The van der Waals surface area contributed by atoms with Gasteiger partial charge in [-0.25, -0.2) is 4.79 Å². The van der Waals surface area contributed by atoms with Crippen molar-refractivity contribution in [1.82, 2.24) is 9.55 Å². The zero-order valence-corrected chi connectivity index (χ0v) is 16.8. The minimum Gasteiger partial charge on any atom is -0.393 e. The Labute approximate surface area is 159 Å². The maximum atomic E-state index is 12.1. The molecule has 0 aliphatic rings. The molecule has 0 amide bonds. The zero-order chi connectivity index (χ0) is 21.0. The molecule has 1 rings (SSSR count). The van der Waals surface area contributed by atoms with E-state index in [1.54, 1.807) is 0 Å². The normalized spacial score (nSPS) is 17.4. The van der Waals surface area contributed by atoms with Gasteiger partial charge in [-0.05, 0) is 19.9 Å². The minimum absolute atomic E-state index is 0.131. The Morgan fingerprint density at radius 1 is 1.33 bits per heavy atom. The Morgan fingerprint density at radius 3 is 2.41 bits per heavy atom. The van der Waals surface area contributed by atoms with Gasteiger partial charge in [0.15, 0.2) is 6.23 Å². The van der Waals surface area contributed by atoms with Crippen LogP contribution in [-0.2, 0) is 13.6 Å². The molecule has 0 aliphatic carbocycles. The SMILES string of the molecule is CC(CO[P+](O)(O)O[P+](O)(O)O)OC(n1ccc(=S)[nH]c1=O)C(C)(O)CO. The topological polar surface area (TPSA) is 207 Å². The smallest absolute Gasteiger partial charge is 0.393 e. The Hall–Kier alpha value is -0.440. The highest BCUT2D eigenvalue weighted by molar-refractivity contribution is 7.71. The lowest BCUT2D eigenvalue weighted by atomic mass is 10.1. The monoisotopic (exact) mass is 452 g/mol. The zero-order valence-electron chi connectivity index (χ0n) is 14.2. The van der Waals surface area contributed by atoms with E-state index in [0.29, 0.717) is 0 Å². The van der Waals surface area contributed by atoms with Crippen molar-refractivity contribution >= 4 is 28.6 Å². The van der Waals surface area contributed by atoms with E-state index in [9.17, 15) is 24.8 Å². The summed E-state index contributed by atoms with van der Waals surface area (Å²) in [6.07, 6.45) is -1.25. The molecule has 1 aromatic rings. The van der Waals surface area contributed by atoms with Crippen LogP contribution in [0.15, 0.2) is 17.1 Å². The van der Waals surface area contributed by atoms with Crippen LogP contribution in [0.4, 0.5) is 0 Å². The van der Waals surface area contributed by atoms with Crippen molar-refractivity contribution in [3.05, 3.63) is 27.4 Å². The third kappa shape index (κ3) is 8.21.